The molecule has 0 radical (unpaired) electrons. The number of amides is 2. The molecule has 2 heterocycles. The Labute approximate surface area is 149 Å². The highest BCUT2D eigenvalue weighted by molar-refractivity contribution is 8.00. The Morgan fingerprint density at radius 2 is 2.04 bits per heavy atom. The zero-order valence-corrected chi connectivity index (χ0v) is 14.8. The number of hydrogen-bond donors (Lipinski definition) is 1. The molecule has 1 aromatic heterocycles. The molecular weight excluding hydrogens is 341 g/mol. The van der Waals surface area contributed by atoms with Gasteiger partial charge in [0.05, 0.1) is 11.4 Å². The quantitative estimate of drug-likeness (QED) is 0.911. The van der Waals surface area contributed by atoms with Crippen LogP contribution < -0.4 is 10.2 Å². The molecule has 3 rings (SSSR count). The molecule has 0 bridgehead atoms. The first kappa shape index (κ1) is 17.4. The average molecular weight is 359 g/mol. The summed E-state index contributed by atoms with van der Waals surface area (Å²) in [7, 11) is 0. The number of nitrogens with zero attached hydrogens (tertiary/aromatic N) is 2. The van der Waals surface area contributed by atoms with Gasteiger partial charge in [-0.25, -0.2) is 9.37 Å². The van der Waals surface area contributed by atoms with Crippen molar-refractivity contribution < 1.29 is 14.0 Å². The van der Waals surface area contributed by atoms with Gasteiger partial charge < -0.3 is 5.32 Å². The summed E-state index contributed by atoms with van der Waals surface area (Å²) in [4.78, 5) is 30.5. The predicted octanol–water partition coefficient (Wildman–Crippen LogP) is 2.59. The normalized spacial score (nSPS) is 13.6. The number of aromatic nitrogens is 1. The van der Waals surface area contributed by atoms with E-state index in [1.165, 1.54) is 28.8 Å². The van der Waals surface area contributed by atoms with Gasteiger partial charge in [0.2, 0.25) is 11.8 Å². The topological polar surface area (TPSA) is 62.3 Å². The molecule has 1 N–H and O–H groups in total. The largest absolute Gasteiger partial charge is 0.350 e. The number of benzene rings is 1. The third kappa shape index (κ3) is 3.99. The summed E-state index contributed by atoms with van der Waals surface area (Å²) in [6.45, 7) is 4.05. The van der Waals surface area contributed by atoms with Crippen molar-refractivity contribution in [1.82, 2.24) is 10.3 Å². The van der Waals surface area contributed by atoms with E-state index >= 15 is 0 Å². The van der Waals surface area contributed by atoms with Crippen LogP contribution >= 0.6 is 11.8 Å². The van der Waals surface area contributed by atoms with Gasteiger partial charge in [0.1, 0.15) is 17.4 Å². The van der Waals surface area contributed by atoms with Crippen molar-refractivity contribution in [1.29, 1.82) is 0 Å². The molecule has 0 spiro atoms. The number of carbonyl (C=O) groups is 2. The zero-order chi connectivity index (χ0) is 18.0. The smallest absolute Gasteiger partial charge is 0.240 e. The van der Waals surface area contributed by atoms with Gasteiger partial charge in [0, 0.05) is 12.2 Å². The van der Waals surface area contributed by atoms with E-state index in [2.05, 4.69) is 10.3 Å². The fourth-order valence-electron chi connectivity index (χ4n) is 2.73. The minimum atomic E-state index is -0.318. The number of rotatable bonds is 4. The van der Waals surface area contributed by atoms with Crippen molar-refractivity contribution in [3.8, 4) is 0 Å². The van der Waals surface area contributed by atoms with E-state index in [1.807, 2.05) is 19.9 Å². The van der Waals surface area contributed by atoms with Crippen LogP contribution in [0.15, 0.2) is 35.4 Å². The van der Waals surface area contributed by atoms with Gasteiger partial charge in [-0.15, -0.1) is 0 Å². The van der Waals surface area contributed by atoms with Crippen LogP contribution in [0.5, 0.6) is 0 Å². The molecule has 0 unspecified atom stereocenters. The summed E-state index contributed by atoms with van der Waals surface area (Å²) >= 11 is 1.40. The molecule has 7 heteroatoms. The molecule has 25 heavy (non-hydrogen) atoms. The highest BCUT2D eigenvalue weighted by Crippen LogP contribution is 2.36. The second-order valence-corrected chi connectivity index (χ2v) is 6.87. The lowest BCUT2D eigenvalue weighted by Crippen LogP contribution is -2.43. The molecule has 0 fully saturated rings. The monoisotopic (exact) mass is 359 g/mol. The number of aryl methyl sites for hydroxylation is 2. The van der Waals surface area contributed by atoms with Crippen molar-refractivity contribution in [3.05, 3.63) is 53.0 Å². The lowest BCUT2D eigenvalue weighted by atomic mass is 10.2. The standard InChI is InChI=1S/C18H18FN3O2S/c1-11-7-12(2)21-18-17(11)22(16(24)10-25-18)9-15(23)20-8-13-3-5-14(19)6-4-13/h3-7H,8-10H2,1-2H3,(H,20,23). The predicted molar refractivity (Wildman–Crippen MR) is 95.0 cm³/mol. The number of nitrogens with one attached hydrogen (secondary N) is 1. The SMILES string of the molecule is Cc1cc(C)c2c(n1)SCC(=O)N2CC(=O)NCc1ccc(F)cc1. The highest BCUT2D eigenvalue weighted by Gasteiger charge is 2.29. The van der Waals surface area contributed by atoms with Crippen LogP contribution in [0.1, 0.15) is 16.8 Å². The molecule has 0 atom stereocenters. The average Bonchev–Trinajstić information content (AvgIpc) is 2.56. The van der Waals surface area contributed by atoms with E-state index in [-0.39, 0.29) is 36.5 Å². The second-order valence-electron chi connectivity index (χ2n) is 5.91. The summed E-state index contributed by atoms with van der Waals surface area (Å²) in [5.41, 5.74) is 3.32. The van der Waals surface area contributed by atoms with Crippen LogP contribution in [-0.4, -0.2) is 29.1 Å². The highest BCUT2D eigenvalue weighted by atomic mass is 32.2. The van der Waals surface area contributed by atoms with Crippen molar-refractivity contribution >= 4 is 29.3 Å². The first-order chi connectivity index (χ1) is 11.9. The van der Waals surface area contributed by atoms with Gasteiger partial charge in [-0.3, -0.25) is 14.5 Å². The van der Waals surface area contributed by atoms with Crippen LogP contribution in [-0.2, 0) is 16.1 Å². The molecule has 0 aliphatic carbocycles. The molecule has 2 amide bonds. The van der Waals surface area contributed by atoms with Crippen molar-refractivity contribution in [2.24, 2.45) is 0 Å². The Hall–Kier alpha value is -2.41. The van der Waals surface area contributed by atoms with Crippen LogP contribution in [0.25, 0.3) is 0 Å². The maximum absolute atomic E-state index is 12.9. The third-order valence-electron chi connectivity index (χ3n) is 3.89. The minimum absolute atomic E-state index is 0.0564. The Morgan fingerprint density at radius 3 is 2.76 bits per heavy atom. The lowest BCUT2D eigenvalue weighted by molar-refractivity contribution is -0.123. The first-order valence-corrected chi connectivity index (χ1v) is 8.85. The van der Waals surface area contributed by atoms with Gasteiger partial charge in [-0.05, 0) is 43.2 Å². The van der Waals surface area contributed by atoms with Crippen molar-refractivity contribution in [3.63, 3.8) is 0 Å². The summed E-state index contributed by atoms with van der Waals surface area (Å²) in [5, 5.41) is 3.55. The fraction of sp³-hybridized carbons (Fsp3) is 0.278. The number of carbonyl (C=O) groups excluding carboxylic acids is 2. The lowest BCUT2D eigenvalue weighted by Gasteiger charge is -2.29. The van der Waals surface area contributed by atoms with E-state index in [1.54, 1.807) is 12.1 Å². The summed E-state index contributed by atoms with van der Waals surface area (Å²) in [6, 6.07) is 7.83. The summed E-state index contributed by atoms with van der Waals surface area (Å²) in [5.74, 6) is -0.422. The Balaban J connectivity index is 1.71. The van der Waals surface area contributed by atoms with Crippen LogP contribution in [0, 0.1) is 19.7 Å². The summed E-state index contributed by atoms with van der Waals surface area (Å²) < 4.78 is 12.9. The molecule has 130 valence electrons. The Morgan fingerprint density at radius 1 is 1.32 bits per heavy atom. The number of fused-ring (bicyclic) bond motifs is 1. The van der Waals surface area contributed by atoms with Crippen molar-refractivity contribution in [2.75, 3.05) is 17.2 Å². The number of halogens is 1. The van der Waals surface area contributed by atoms with E-state index in [4.69, 9.17) is 0 Å². The molecule has 1 aliphatic rings. The van der Waals surface area contributed by atoms with Gasteiger partial charge in [-0.1, -0.05) is 23.9 Å². The zero-order valence-electron chi connectivity index (χ0n) is 14.0. The second kappa shape index (κ2) is 7.23. The molecule has 5 nitrogen and oxygen atoms in total. The van der Waals surface area contributed by atoms with Gasteiger partial charge in [-0.2, -0.15) is 0 Å². The van der Waals surface area contributed by atoms with E-state index in [0.29, 0.717) is 5.69 Å². The maximum Gasteiger partial charge on any atom is 0.240 e. The van der Waals surface area contributed by atoms with Crippen LogP contribution in [0.3, 0.4) is 0 Å². The number of thioether (sulfide) groups is 1. The number of pyridine rings is 1. The van der Waals surface area contributed by atoms with Crippen molar-refractivity contribution in [2.45, 2.75) is 25.4 Å². The van der Waals surface area contributed by atoms with E-state index in [9.17, 15) is 14.0 Å². The van der Waals surface area contributed by atoms with Gasteiger partial charge >= 0.3 is 0 Å². The molecular formula is C18H18FN3O2S. The Kier molecular flexibility index (Phi) is 5.03. The third-order valence-corrected chi connectivity index (χ3v) is 4.84. The minimum Gasteiger partial charge on any atom is -0.350 e. The van der Waals surface area contributed by atoms with Crippen LogP contribution in [0.4, 0.5) is 10.1 Å². The molecule has 1 aromatic carbocycles. The van der Waals surface area contributed by atoms with E-state index < -0.39 is 0 Å². The first-order valence-electron chi connectivity index (χ1n) is 7.86. The number of hydrogen-bond acceptors (Lipinski definition) is 4. The van der Waals surface area contributed by atoms with Crippen LogP contribution in [0.2, 0.25) is 0 Å². The molecule has 1 aliphatic heterocycles. The maximum atomic E-state index is 12.9. The fourth-order valence-corrected chi connectivity index (χ4v) is 3.76. The van der Waals surface area contributed by atoms with E-state index in [0.717, 1.165) is 21.8 Å². The van der Waals surface area contributed by atoms with Gasteiger partial charge in [0.25, 0.3) is 0 Å². The number of anilines is 1. The van der Waals surface area contributed by atoms with Gasteiger partial charge in [0.15, 0.2) is 0 Å². The molecule has 0 saturated carbocycles. The summed E-state index contributed by atoms with van der Waals surface area (Å²) in [6.07, 6.45) is 0. The molecule has 2 aromatic rings. The Bertz CT molecular complexity index is 824. The molecule has 0 saturated heterocycles.